The first-order valence-corrected chi connectivity index (χ1v) is 9.56. The second kappa shape index (κ2) is 9.03. The number of para-hydroxylation sites is 1. The summed E-state index contributed by atoms with van der Waals surface area (Å²) in [6, 6.07) is 12.7. The molecule has 0 atom stereocenters. The average Bonchev–Trinajstić information content (AvgIpc) is 3.32. The molecule has 1 aromatic carbocycles. The lowest BCUT2D eigenvalue weighted by molar-refractivity contribution is -0.115. The highest BCUT2D eigenvalue weighted by Gasteiger charge is 2.09. The lowest BCUT2D eigenvalue weighted by atomic mass is 10.2. The molecular weight excluding hydrogens is 370 g/mol. The van der Waals surface area contributed by atoms with E-state index in [2.05, 4.69) is 26.9 Å². The predicted molar refractivity (Wildman–Crippen MR) is 101 cm³/mol. The summed E-state index contributed by atoms with van der Waals surface area (Å²) in [4.78, 5) is 12.0. The van der Waals surface area contributed by atoms with E-state index in [1.807, 2.05) is 12.1 Å². The predicted octanol–water partition coefficient (Wildman–Crippen LogP) is 3.74. The van der Waals surface area contributed by atoms with Gasteiger partial charge in [0.1, 0.15) is 11.8 Å². The number of amides is 1. The average molecular weight is 385 g/mol. The largest absolute Gasteiger partial charge is 0.467 e. The van der Waals surface area contributed by atoms with Crippen molar-refractivity contribution in [3.63, 3.8) is 0 Å². The van der Waals surface area contributed by atoms with Gasteiger partial charge in [-0.05, 0) is 24.3 Å². The fourth-order valence-electron chi connectivity index (χ4n) is 2.05. The van der Waals surface area contributed by atoms with Crippen molar-refractivity contribution in [2.75, 3.05) is 16.4 Å². The summed E-state index contributed by atoms with van der Waals surface area (Å²) >= 11 is 2.90. The molecule has 2 heterocycles. The van der Waals surface area contributed by atoms with Crippen molar-refractivity contribution in [3.8, 4) is 6.07 Å². The minimum atomic E-state index is -0.138. The van der Waals surface area contributed by atoms with Crippen molar-refractivity contribution in [3.05, 3.63) is 54.0 Å². The molecule has 0 radical (unpaired) electrons. The van der Waals surface area contributed by atoms with Gasteiger partial charge in [0.05, 0.1) is 24.1 Å². The molecule has 132 valence electrons. The quantitative estimate of drug-likeness (QED) is 0.569. The molecule has 0 aliphatic rings. The third-order valence-corrected chi connectivity index (χ3v) is 5.29. The van der Waals surface area contributed by atoms with E-state index >= 15 is 0 Å². The van der Waals surface area contributed by atoms with E-state index in [-0.39, 0.29) is 5.91 Å². The summed E-state index contributed by atoms with van der Waals surface area (Å²) in [5.74, 6) is 1.26. The molecule has 0 fully saturated rings. The molecule has 0 saturated heterocycles. The Morgan fingerprint density at radius 1 is 1.27 bits per heavy atom. The van der Waals surface area contributed by atoms with Gasteiger partial charge in [0.25, 0.3) is 0 Å². The number of rotatable bonds is 8. The summed E-state index contributed by atoms with van der Waals surface area (Å²) in [6.07, 6.45) is 1.94. The summed E-state index contributed by atoms with van der Waals surface area (Å²) in [5.41, 5.74) is 0.982. The second-order valence-corrected chi connectivity index (χ2v) is 7.43. The van der Waals surface area contributed by atoms with Crippen LogP contribution in [0.15, 0.2) is 51.4 Å². The highest BCUT2D eigenvalue weighted by molar-refractivity contribution is 8.01. The monoisotopic (exact) mass is 385 g/mol. The summed E-state index contributed by atoms with van der Waals surface area (Å²) in [6.45, 7) is 0.549. The van der Waals surface area contributed by atoms with Gasteiger partial charge in [0.15, 0.2) is 4.34 Å². The Bertz CT molecular complexity index is 902. The first-order valence-electron chi connectivity index (χ1n) is 7.76. The lowest BCUT2D eigenvalue weighted by Gasteiger charge is -2.05. The topological polar surface area (TPSA) is 104 Å². The Labute approximate surface area is 158 Å². The van der Waals surface area contributed by atoms with Gasteiger partial charge in [0, 0.05) is 12.2 Å². The van der Waals surface area contributed by atoms with Crippen LogP contribution in [0.5, 0.6) is 0 Å². The number of carbonyl (C=O) groups excluding carboxylic acids is 1. The second-order valence-electron chi connectivity index (χ2n) is 5.11. The zero-order chi connectivity index (χ0) is 18.2. The van der Waals surface area contributed by atoms with Gasteiger partial charge in [-0.25, -0.2) is 0 Å². The number of carbonyl (C=O) groups is 1. The molecule has 3 rings (SSSR count). The number of furan rings is 1. The number of nitrogens with one attached hydrogen (secondary N) is 2. The van der Waals surface area contributed by atoms with E-state index in [0.717, 1.165) is 10.1 Å². The van der Waals surface area contributed by atoms with E-state index in [9.17, 15) is 4.79 Å². The van der Waals surface area contributed by atoms with E-state index in [0.29, 0.717) is 35.1 Å². The molecule has 2 N–H and O–H groups in total. The number of anilines is 2. The zero-order valence-corrected chi connectivity index (χ0v) is 15.3. The van der Waals surface area contributed by atoms with E-state index in [1.165, 1.54) is 23.1 Å². The highest BCUT2D eigenvalue weighted by Crippen LogP contribution is 2.26. The van der Waals surface area contributed by atoms with Crippen LogP contribution in [0, 0.1) is 11.3 Å². The minimum Gasteiger partial charge on any atom is -0.467 e. The number of nitrogens with zero attached hydrogens (tertiary/aromatic N) is 3. The van der Waals surface area contributed by atoms with Crippen molar-refractivity contribution in [2.45, 2.75) is 17.3 Å². The Kier molecular flexibility index (Phi) is 6.24. The van der Waals surface area contributed by atoms with Crippen LogP contribution in [-0.4, -0.2) is 21.9 Å². The number of thioether (sulfide) groups is 1. The zero-order valence-electron chi connectivity index (χ0n) is 13.6. The number of hydrogen-bond acceptors (Lipinski definition) is 8. The number of hydrogen-bond donors (Lipinski definition) is 2. The standard InChI is InChI=1S/C17H15N5O2S2/c18-10-12-4-1-2-6-14(12)20-15(23)7-9-25-17-22-21-16(26-17)19-11-13-5-3-8-24-13/h1-6,8H,7,9,11H2,(H,19,21)(H,20,23). The third-order valence-electron chi connectivity index (χ3n) is 3.28. The van der Waals surface area contributed by atoms with Crippen LogP contribution in [0.1, 0.15) is 17.7 Å². The van der Waals surface area contributed by atoms with Crippen LogP contribution in [0.2, 0.25) is 0 Å². The van der Waals surface area contributed by atoms with E-state index in [4.69, 9.17) is 9.68 Å². The molecule has 3 aromatic rings. The molecule has 1 amide bonds. The SMILES string of the molecule is N#Cc1ccccc1NC(=O)CCSc1nnc(NCc2ccco2)s1. The molecule has 26 heavy (non-hydrogen) atoms. The first-order chi connectivity index (χ1) is 12.7. The molecule has 2 aromatic heterocycles. The van der Waals surface area contributed by atoms with Crippen molar-refractivity contribution in [1.29, 1.82) is 5.26 Å². The van der Waals surface area contributed by atoms with Gasteiger partial charge >= 0.3 is 0 Å². The minimum absolute atomic E-state index is 0.138. The van der Waals surface area contributed by atoms with Gasteiger partial charge in [-0.15, -0.1) is 10.2 Å². The van der Waals surface area contributed by atoms with Crippen LogP contribution in [0.25, 0.3) is 0 Å². The Balaban J connectivity index is 1.42. The van der Waals surface area contributed by atoms with Crippen molar-refractivity contribution >= 4 is 39.8 Å². The molecule has 0 unspecified atom stereocenters. The maximum Gasteiger partial charge on any atom is 0.225 e. The van der Waals surface area contributed by atoms with Gasteiger partial charge in [-0.3, -0.25) is 4.79 Å². The van der Waals surface area contributed by atoms with Crippen LogP contribution in [-0.2, 0) is 11.3 Å². The van der Waals surface area contributed by atoms with Crippen molar-refractivity contribution < 1.29 is 9.21 Å². The normalized spacial score (nSPS) is 10.3. The maximum atomic E-state index is 12.0. The fraction of sp³-hybridized carbons (Fsp3) is 0.176. The molecule has 0 saturated carbocycles. The van der Waals surface area contributed by atoms with E-state index in [1.54, 1.807) is 30.5 Å². The van der Waals surface area contributed by atoms with E-state index < -0.39 is 0 Å². The fourth-order valence-corrected chi connectivity index (χ4v) is 3.80. The molecule has 9 heteroatoms. The molecule has 0 spiro atoms. The van der Waals surface area contributed by atoms with Crippen LogP contribution >= 0.6 is 23.1 Å². The molecule has 0 bridgehead atoms. The Morgan fingerprint density at radius 2 is 2.15 bits per heavy atom. The molecule has 0 aliphatic carbocycles. The van der Waals surface area contributed by atoms with Crippen LogP contribution in [0.4, 0.5) is 10.8 Å². The highest BCUT2D eigenvalue weighted by atomic mass is 32.2. The van der Waals surface area contributed by atoms with Gasteiger partial charge in [-0.1, -0.05) is 35.2 Å². The van der Waals surface area contributed by atoms with Gasteiger partial charge < -0.3 is 15.1 Å². The Morgan fingerprint density at radius 3 is 2.96 bits per heavy atom. The summed E-state index contributed by atoms with van der Waals surface area (Å²) < 4.78 is 6.03. The summed E-state index contributed by atoms with van der Waals surface area (Å²) in [7, 11) is 0. The Hall–Kier alpha value is -2.83. The molecule has 7 nitrogen and oxygen atoms in total. The van der Waals surface area contributed by atoms with Gasteiger partial charge in [-0.2, -0.15) is 5.26 Å². The molecule has 0 aliphatic heterocycles. The van der Waals surface area contributed by atoms with Crippen molar-refractivity contribution in [1.82, 2.24) is 10.2 Å². The van der Waals surface area contributed by atoms with Crippen LogP contribution in [0.3, 0.4) is 0 Å². The van der Waals surface area contributed by atoms with Crippen LogP contribution < -0.4 is 10.6 Å². The number of aromatic nitrogens is 2. The smallest absolute Gasteiger partial charge is 0.225 e. The summed E-state index contributed by atoms with van der Waals surface area (Å²) in [5, 5.41) is 23.8. The third kappa shape index (κ3) is 5.08. The van der Waals surface area contributed by atoms with Gasteiger partial charge in [0.2, 0.25) is 11.0 Å². The number of nitriles is 1. The molecular formula is C17H15N5O2S2. The van der Waals surface area contributed by atoms with Crippen molar-refractivity contribution in [2.24, 2.45) is 0 Å². The number of benzene rings is 1. The maximum absolute atomic E-state index is 12.0. The first kappa shape index (κ1) is 18.0. The lowest BCUT2D eigenvalue weighted by Crippen LogP contribution is -2.13.